The summed E-state index contributed by atoms with van der Waals surface area (Å²) in [5.41, 5.74) is 1.26. The quantitative estimate of drug-likeness (QED) is 0.514. The van der Waals surface area contributed by atoms with Crippen molar-refractivity contribution in [3.8, 4) is 0 Å². The predicted molar refractivity (Wildman–Crippen MR) is 104 cm³/mol. The van der Waals surface area contributed by atoms with Gasteiger partial charge in [-0.15, -0.1) is 11.8 Å². The second-order valence-electron chi connectivity index (χ2n) is 5.77. The van der Waals surface area contributed by atoms with Gasteiger partial charge in [0.15, 0.2) is 5.96 Å². The Labute approximate surface area is 153 Å². The van der Waals surface area contributed by atoms with Gasteiger partial charge >= 0.3 is 0 Å². The third-order valence-electron chi connectivity index (χ3n) is 4.24. The lowest BCUT2D eigenvalue weighted by Gasteiger charge is -2.36. The number of hydrogen-bond acceptors (Lipinski definition) is 5. The number of guanidine groups is 1. The largest absolute Gasteiger partial charge is 0.352 e. The summed E-state index contributed by atoms with van der Waals surface area (Å²) in [6, 6.07) is 10.5. The molecule has 132 valence electrons. The molecule has 3 rings (SSSR count). The number of hydrogen-bond donors (Lipinski definition) is 1. The van der Waals surface area contributed by atoms with Crippen molar-refractivity contribution >= 4 is 23.7 Å². The molecular weight excluding hydrogens is 332 g/mol. The smallest absolute Gasteiger partial charge is 0.225 e. The Morgan fingerprint density at radius 3 is 2.40 bits per heavy atom. The van der Waals surface area contributed by atoms with Crippen LogP contribution in [0, 0.1) is 0 Å². The van der Waals surface area contributed by atoms with E-state index in [0.717, 1.165) is 44.6 Å². The molecular formula is C18H24N6S. The van der Waals surface area contributed by atoms with Gasteiger partial charge < -0.3 is 15.1 Å². The number of piperazine rings is 1. The highest BCUT2D eigenvalue weighted by molar-refractivity contribution is 7.98. The second kappa shape index (κ2) is 8.71. The first-order chi connectivity index (χ1) is 12.3. The lowest BCUT2D eigenvalue weighted by molar-refractivity contribution is 0.370. The molecule has 2 heterocycles. The van der Waals surface area contributed by atoms with Gasteiger partial charge in [-0.25, -0.2) is 9.97 Å². The van der Waals surface area contributed by atoms with E-state index in [0.29, 0.717) is 0 Å². The molecule has 0 saturated carbocycles. The van der Waals surface area contributed by atoms with Crippen LogP contribution in [0.15, 0.2) is 52.6 Å². The van der Waals surface area contributed by atoms with Gasteiger partial charge in [-0.1, -0.05) is 12.1 Å². The maximum atomic E-state index is 4.44. The topological polar surface area (TPSA) is 56.7 Å². The maximum Gasteiger partial charge on any atom is 0.225 e. The molecule has 25 heavy (non-hydrogen) atoms. The number of thioether (sulfide) groups is 1. The lowest BCUT2D eigenvalue weighted by atomic mass is 10.2. The number of nitrogens with zero attached hydrogens (tertiary/aromatic N) is 5. The summed E-state index contributed by atoms with van der Waals surface area (Å²) in [7, 11) is 1.84. The number of nitrogens with one attached hydrogen (secondary N) is 1. The molecule has 6 nitrogen and oxygen atoms in total. The SMILES string of the molecule is CN=C(NCc1ccc(SC)cc1)N1CCN(c2ncccn2)CC1. The third kappa shape index (κ3) is 4.63. The van der Waals surface area contributed by atoms with Gasteiger partial charge in [0.25, 0.3) is 0 Å². The van der Waals surface area contributed by atoms with Crippen LogP contribution in [0.3, 0.4) is 0 Å². The molecule has 0 atom stereocenters. The number of anilines is 1. The zero-order valence-electron chi connectivity index (χ0n) is 14.7. The Morgan fingerprint density at radius 1 is 1.12 bits per heavy atom. The van der Waals surface area contributed by atoms with E-state index >= 15 is 0 Å². The molecule has 0 bridgehead atoms. The summed E-state index contributed by atoms with van der Waals surface area (Å²) in [6.07, 6.45) is 5.67. The fraction of sp³-hybridized carbons (Fsp3) is 0.389. The van der Waals surface area contributed by atoms with Gasteiger partial charge in [0.05, 0.1) is 0 Å². The first-order valence-electron chi connectivity index (χ1n) is 8.40. The van der Waals surface area contributed by atoms with E-state index in [-0.39, 0.29) is 0 Å². The van der Waals surface area contributed by atoms with Gasteiger partial charge in [0, 0.05) is 57.1 Å². The minimum atomic E-state index is 0.781. The van der Waals surface area contributed by atoms with Gasteiger partial charge in [0.1, 0.15) is 0 Å². The molecule has 0 spiro atoms. The maximum absolute atomic E-state index is 4.44. The van der Waals surface area contributed by atoms with E-state index in [1.807, 2.05) is 13.1 Å². The molecule has 0 amide bonds. The molecule has 1 N–H and O–H groups in total. The van der Waals surface area contributed by atoms with Crippen molar-refractivity contribution in [3.05, 3.63) is 48.3 Å². The zero-order valence-corrected chi connectivity index (χ0v) is 15.5. The van der Waals surface area contributed by atoms with Crippen molar-refractivity contribution in [1.29, 1.82) is 0 Å². The van der Waals surface area contributed by atoms with Crippen molar-refractivity contribution in [2.75, 3.05) is 44.4 Å². The van der Waals surface area contributed by atoms with Crippen LogP contribution in [0.2, 0.25) is 0 Å². The Morgan fingerprint density at radius 2 is 1.80 bits per heavy atom. The second-order valence-corrected chi connectivity index (χ2v) is 6.65. The van der Waals surface area contributed by atoms with Crippen LogP contribution < -0.4 is 10.2 Å². The molecule has 1 fully saturated rings. The lowest BCUT2D eigenvalue weighted by Crippen LogP contribution is -2.52. The standard InChI is InChI=1S/C18H24N6S/c1-19-17(22-14-15-4-6-16(25-2)7-5-15)23-10-12-24(13-11-23)18-20-8-3-9-21-18/h3-9H,10-14H2,1-2H3,(H,19,22). The van der Waals surface area contributed by atoms with E-state index in [9.17, 15) is 0 Å². The molecule has 1 aromatic carbocycles. The van der Waals surface area contributed by atoms with Crippen LogP contribution in [0.1, 0.15) is 5.56 Å². The van der Waals surface area contributed by atoms with Crippen LogP contribution in [0.5, 0.6) is 0 Å². The minimum absolute atomic E-state index is 0.781. The molecule has 1 aromatic heterocycles. The molecule has 1 aliphatic rings. The van der Waals surface area contributed by atoms with Crippen molar-refractivity contribution in [2.45, 2.75) is 11.4 Å². The van der Waals surface area contributed by atoms with Crippen LogP contribution in [0.4, 0.5) is 5.95 Å². The number of aromatic nitrogens is 2. The normalized spacial score (nSPS) is 15.4. The van der Waals surface area contributed by atoms with E-state index < -0.39 is 0 Å². The predicted octanol–water partition coefficient (Wildman–Crippen LogP) is 2.10. The summed E-state index contributed by atoms with van der Waals surface area (Å²) < 4.78 is 0. The molecule has 0 radical (unpaired) electrons. The highest BCUT2D eigenvalue weighted by Gasteiger charge is 2.20. The molecule has 0 aliphatic carbocycles. The van der Waals surface area contributed by atoms with Crippen LogP contribution in [-0.4, -0.2) is 60.3 Å². The fourth-order valence-corrected chi connectivity index (χ4v) is 3.24. The molecule has 7 heteroatoms. The molecule has 1 saturated heterocycles. The van der Waals surface area contributed by atoms with Crippen molar-refractivity contribution in [1.82, 2.24) is 20.2 Å². The number of aliphatic imine (C=N–C) groups is 1. The molecule has 1 aliphatic heterocycles. The monoisotopic (exact) mass is 356 g/mol. The summed E-state index contributed by atoms with van der Waals surface area (Å²) >= 11 is 1.76. The molecule has 2 aromatic rings. The average Bonchev–Trinajstić information content (AvgIpc) is 2.70. The van der Waals surface area contributed by atoms with E-state index in [4.69, 9.17) is 0 Å². The van der Waals surface area contributed by atoms with Crippen LogP contribution in [-0.2, 0) is 6.54 Å². The Hall–Kier alpha value is -2.28. The summed E-state index contributed by atoms with van der Waals surface area (Å²) in [5, 5.41) is 3.47. The van der Waals surface area contributed by atoms with Crippen molar-refractivity contribution < 1.29 is 0 Å². The summed E-state index contributed by atoms with van der Waals surface area (Å²) in [6.45, 7) is 4.39. The highest BCUT2D eigenvalue weighted by Crippen LogP contribution is 2.15. The van der Waals surface area contributed by atoms with E-state index in [1.165, 1.54) is 10.5 Å². The highest BCUT2D eigenvalue weighted by atomic mass is 32.2. The third-order valence-corrected chi connectivity index (χ3v) is 4.98. The van der Waals surface area contributed by atoms with Crippen molar-refractivity contribution in [2.24, 2.45) is 4.99 Å². The van der Waals surface area contributed by atoms with Crippen LogP contribution >= 0.6 is 11.8 Å². The van der Waals surface area contributed by atoms with Crippen LogP contribution in [0.25, 0.3) is 0 Å². The van der Waals surface area contributed by atoms with Gasteiger partial charge in [0.2, 0.25) is 5.95 Å². The number of benzene rings is 1. The first-order valence-corrected chi connectivity index (χ1v) is 9.63. The van der Waals surface area contributed by atoms with Gasteiger partial charge in [-0.2, -0.15) is 0 Å². The zero-order chi connectivity index (χ0) is 17.5. The van der Waals surface area contributed by atoms with E-state index in [2.05, 4.69) is 60.6 Å². The Balaban J connectivity index is 1.52. The first kappa shape index (κ1) is 17.5. The van der Waals surface area contributed by atoms with E-state index in [1.54, 1.807) is 24.2 Å². The molecule has 0 unspecified atom stereocenters. The fourth-order valence-electron chi connectivity index (χ4n) is 2.83. The Bertz CT molecular complexity index is 680. The Kier molecular flexibility index (Phi) is 6.11. The average molecular weight is 356 g/mol. The summed E-state index contributed by atoms with van der Waals surface area (Å²) in [4.78, 5) is 18.9. The minimum Gasteiger partial charge on any atom is -0.352 e. The van der Waals surface area contributed by atoms with Gasteiger partial charge in [-0.05, 0) is 30.0 Å². The van der Waals surface area contributed by atoms with Gasteiger partial charge in [-0.3, -0.25) is 4.99 Å². The van der Waals surface area contributed by atoms with Crippen molar-refractivity contribution in [3.63, 3.8) is 0 Å². The summed E-state index contributed by atoms with van der Waals surface area (Å²) in [5.74, 6) is 1.75. The number of rotatable bonds is 4.